The van der Waals surface area contributed by atoms with Gasteiger partial charge in [-0.3, -0.25) is 24.5 Å². The van der Waals surface area contributed by atoms with Gasteiger partial charge in [-0.25, -0.2) is 0 Å². The van der Waals surface area contributed by atoms with Crippen LogP contribution in [0.15, 0.2) is 66.7 Å². The zero-order valence-corrected chi connectivity index (χ0v) is 17.8. The van der Waals surface area contributed by atoms with Crippen LogP contribution < -0.4 is 0 Å². The summed E-state index contributed by atoms with van der Waals surface area (Å²) in [5, 5.41) is 10.8. The number of benzene rings is 2. The first-order valence-corrected chi connectivity index (χ1v) is 10.8. The summed E-state index contributed by atoms with van der Waals surface area (Å²) in [6.07, 6.45) is 0. The standard InChI is InChI=1S/C23H19N3O5S/c27-21(16-6-2-1-3-7-16)17-8-4-5-9-18(17)22(28)24-12-14-25(15-13-24)23(29)19-10-11-20(32-19)26(30)31/h1-11H,12-15H2. The minimum atomic E-state index is -0.522. The molecule has 4 rings (SSSR count). The summed E-state index contributed by atoms with van der Waals surface area (Å²) in [6.45, 7) is 1.24. The summed E-state index contributed by atoms with van der Waals surface area (Å²) in [4.78, 5) is 52.6. The van der Waals surface area contributed by atoms with Crippen LogP contribution in [-0.4, -0.2) is 58.5 Å². The molecule has 1 aromatic heterocycles. The average molecular weight is 449 g/mol. The molecular formula is C23H19N3O5S. The SMILES string of the molecule is O=C(c1ccccc1)c1ccccc1C(=O)N1CCN(C(=O)c2ccc([N+](=O)[O-])s2)CC1. The molecule has 2 aromatic carbocycles. The molecule has 32 heavy (non-hydrogen) atoms. The lowest BCUT2D eigenvalue weighted by molar-refractivity contribution is -0.380. The van der Waals surface area contributed by atoms with Crippen molar-refractivity contribution in [3.8, 4) is 0 Å². The van der Waals surface area contributed by atoms with Crippen molar-refractivity contribution < 1.29 is 19.3 Å². The third kappa shape index (κ3) is 4.28. The zero-order chi connectivity index (χ0) is 22.7. The van der Waals surface area contributed by atoms with Crippen molar-refractivity contribution in [2.75, 3.05) is 26.2 Å². The number of hydrogen-bond donors (Lipinski definition) is 0. The van der Waals surface area contributed by atoms with Gasteiger partial charge in [0.05, 0.1) is 15.4 Å². The number of hydrogen-bond acceptors (Lipinski definition) is 6. The number of thiophene rings is 1. The van der Waals surface area contributed by atoms with Crippen molar-refractivity contribution in [2.45, 2.75) is 0 Å². The van der Waals surface area contributed by atoms with Crippen LogP contribution in [-0.2, 0) is 0 Å². The molecule has 3 aromatic rings. The normalized spacial score (nSPS) is 13.6. The van der Waals surface area contributed by atoms with E-state index in [-0.39, 0.29) is 22.6 Å². The molecule has 1 aliphatic rings. The number of piperazine rings is 1. The van der Waals surface area contributed by atoms with Crippen molar-refractivity contribution in [2.24, 2.45) is 0 Å². The molecule has 1 aliphatic heterocycles. The summed E-state index contributed by atoms with van der Waals surface area (Å²) >= 11 is 0.841. The third-order valence-electron chi connectivity index (χ3n) is 5.27. The average Bonchev–Trinajstić information content (AvgIpc) is 3.34. The van der Waals surface area contributed by atoms with Gasteiger partial charge in [-0.2, -0.15) is 0 Å². The minimum absolute atomic E-state index is 0.0816. The second-order valence-corrected chi connectivity index (χ2v) is 8.28. The van der Waals surface area contributed by atoms with Crippen LogP contribution in [0.5, 0.6) is 0 Å². The Labute approximate surface area is 187 Å². The maximum absolute atomic E-state index is 13.2. The molecule has 0 spiro atoms. The highest BCUT2D eigenvalue weighted by molar-refractivity contribution is 7.17. The Hall–Kier alpha value is -3.85. The van der Waals surface area contributed by atoms with Crippen LogP contribution in [0.25, 0.3) is 0 Å². The Bertz CT molecular complexity index is 1180. The Morgan fingerprint density at radius 2 is 1.31 bits per heavy atom. The van der Waals surface area contributed by atoms with Crippen molar-refractivity contribution >= 4 is 33.9 Å². The first-order valence-electron chi connectivity index (χ1n) is 9.97. The molecule has 0 aliphatic carbocycles. The number of ketones is 1. The van der Waals surface area contributed by atoms with Gasteiger partial charge in [-0.15, -0.1) is 0 Å². The van der Waals surface area contributed by atoms with Gasteiger partial charge in [0, 0.05) is 43.4 Å². The molecule has 0 N–H and O–H groups in total. The number of amides is 2. The van der Waals surface area contributed by atoms with E-state index in [2.05, 4.69) is 0 Å². The van der Waals surface area contributed by atoms with Gasteiger partial charge in [-0.05, 0) is 12.1 Å². The van der Waals surface area contributed by atoms with Gasteiger partial charge >= 0.3 is 5.00 Å². The number of carbonyl (C=O) groups excluding carboxylic acids is 3. The Morgan fingerprint density at radius 3 is 1.91 bits per heavy atom. The highest BCUT2D eigenvalue weighted by Crippen LogP contribution is 2.25. The van der Waals surface area contributed by atoms with E-state index in [1.165, 1.54) is 12.1 Å². The van der Waals surface area contributed by atoms with E-state index < -0.39 is 4.92 Å². The molecule has 0 bridgehead atoms. The van der Waals surface area contributed by atoms with Gasteiger partial charge in [0.15, 0.2) is 5.78 Å². The largest absolute Gasteiger partial charge is 0.335 e. The fourth-order valence-electron chi connectivity index (χ4n) is 3.59. The number of nitro groups is 1. The van der Waals surface area contributed by atoms with Gasteiger partial charge in [-0.1, -0.05) is 59.9 Å². The zero-order valence-electron chi connectivity index (χ0n) is 17.0. The van der Waals surface area contributed by atoms with Crippen LogP contribution in [0, 0.1) is 10.1 Å². The molecule has 0 radical (unpaired) electrons. The molecule has 0 saturated carbocycles. The highest BCUT2D eigenvalue weighted by Gasteiger charge is 2.29. The predicted octanol–water partition coefficient (Wildman–Crippen LogP) is 3.49. The maximum Gasteiger partial charge on any atom is 0.324 e. The van der Waals surface area contributed by atoms with Gasteiger partial charge in [0.2, 0.25) is 0 Å². The van der Waals surface area contributed by atoms with E-state index in [0.29, 0.717) is 47.7 Å². The summed E-state index contributed by atoms with van der Waals surface area (Å²) in [7, 11) is 0. The Kier molecular flexibility index (Phi) is 6.09. The Morgan fingerprint density at radius 1 is 0.750 bits per heavy atom. The van der Waals surface area contributed by atoms with E-state index >= 15 is 0 Å². The molecule has 1 fully saturated rings. The molecule has 9 heteroatoms. The van der Waals surface area contributed by atoms with Gasteiger partial charge < -0.3 is 9.80 Å². The summed E-state index contributed by atoms with van der Waals surface area (Å²) in [5.41, 5.74) is 1.18. The van der Waals surface area contributed by atoms with Gasteiger partial charge in [0.25, 0.3) is 11.8 Å². The fourth-order valence-corrected chi connectivity index (χ4v) is 4.38. The lowest BCUT2D eigenvalue weighted by Crippen LogP contribution is -2.50. The maximum atomic E-state index is 13.2. The number of carbonyl (C=O) groups is 3. The van der Waals surface area contributed by atoms with Crippen LogP contribution >= 0.6 is 11.3 Å². The monoisotopic (exact) mass is 449 g/mol. The lowest BCUT2D eigenvalue weighted by Gasteiger charge is -2.34. The Balaban J connectivity index is 1.45. The van der Waals surface area contributed by atoms with Crippen LogP contribution in [0.4, 0.5) is 5.00 Å². The second-order valence-electron chi connectivity index (χ2n) is 7.22. The first kappa shape index (κ1) is 21.4. The van der Waals surface area contributed by atoms with E-state index in [0.717, 1.165) is 11.3 Å². The molecular weight excluding hydrogens is 430 g/mol. The highest BCUT2D eigenvalue weighted by atomic mass is 32.1. The molecule has 2 heterocycles. The molecule has 8 nitrogen and oxygen atoms in total. The van der Waals surface area contributed by atoms with Crippen LogP contribution in [0.1, 0.15) is 36.0 Å². The van der Waals surface area contributed by atoms with Crippen LogP contribution in [0.3, 0.4) is 0 Å². The van der Waals surface area contributed by atoms with Crippen molar-refractivity contribution in [1.82, 2.24) is 9.80 Å². The number of rotatable bonds is 5. The lowest BCUT2D eigenvalue weighted by atomic mass is 9.97. The second kappa shape index (κ2) is 9.11. The van der Waals surface area contributed by atoms with Crippen molar-refractivity contribution in [3.63, 3.8) is 0 Å². The molecule has 162 valence electrons. The fraction of sp³-hybridized carbons (Fsp3) is 0.174. The third-order valence-corrected chi connectivity index (χ3v) is 6.30. The predicted molar refractivity (Wildman–Crippen MR) is 119 cm³/mol. The van der Waals surface area contributed by atoms with Gasteiger partial charge in [0.1, 0.15) is 0 Å². The van der Waals surface area contributed by atoms with E-state index in [1.807, 2.05) is 6.07 Å². The molecule has 2 amide bonds. The summed E-state index contributed by atoms with van der Waals surface area (Å²) in [6, 6.07) is 18.3. The van der Waals surface area contributed by atoms with E-state index in [1.54, 1.807) is 58.3 Å². The minimum Gasteiger partial charge on any atom is -0.335 e. The number of nitrogens with zero attached hydrogens (tertiary/aromatic N) is 3. The van der Waals surface area contributed by atoms with Crippen LogP contribution in [0.2, 0.25) is 0 Å². The topological polar surface area (TPSA) is 101 Å². The van der Waals surface area contributed by atoms with Crippen molar-refractivity contribution in [1.29, 1.82) is 0 Å². The smallest absolute Gasteiger partial charge is 0.324 e. The quantitative estimate of drug-likeness (QED) is 0.337. The molecule has 0 unspecified atom stereocenters. The summed E-state index contributed by atoms with van der Waals surface area (Å²) in [5.74, 6) is -0.763. The van der Waals surface area contributed by atoms with E-state index in [9.17, 15) is 24.5 Å². The first-order chi connectivity index (χ1) is 15.5. The molecule has 0 atom stereocenters. The summed E-state index contributed by atoms with van der Waals surface area (Å²) < 4.78 is 0. The molecule has 1 saturated heterocycles. The van der Waals surface area contributed by atoms with Crippen molar-refractivity contribution in [3.05, 3.63) is 98.4 Å². The van der Waals surface area contributed by atoms with E-state index in [4.69, 9.17) is 0 Å².